The fourth-order valence-corrected chi connectivity index (χ4v) is 10.7. The maximum absolute atomic E-state index is 5.32. The molecule has 0 bridgehead atoms. The quantitative estimate of drug-likeness (QED) is 0.167. The second-order valence-electron chi connectivity index (χ2n) is 15.5. The minimum absolute atomic E-state index is 0.642. The van der Waals surface area contributed by atoms with Crippen molar-refractivity contribution < 1.29 is 0 Å². The zero-order valence-corrected chi connectivity index (χ0v) is 33.0. The van der Waals surface area contributed by atoms with Gasteiger partial charge in [0, 0.05) is 53.3 Å². The molecule has 0 radical (unpaired) electrons. The van der Waals surface area contributed by atoms with Crippen molar-refractivity contribution in [3.05, 3.63) is 194 Å². The first-order valence-corrected chi connectivity index (χ1v) is 21.1. The van der Waals surface area contributed by atoms with Crippen LogP contribution in [0.2, 0.25) is 0 Å². The second-order valence-corrected chi connectivity index (χ2v) is 16.6. The fraction of sp³-hybridized carbons (Fsp3) is 0. The summed E-state index contributed by atoms with van der Waals surface area (Å²) in [4.78, 5) is 15.9. The smallest absolute Gasteiger partial charge is 0.165 e. The number of fused-ring (bicyclic) bond motifs is 13. The summed E-state index contributed by atoms with van der Waals surface area (Å²) in [5.74, 6) is 1.96. The summed E-state index contributed by atoms with van der Waals surface area (Å²) < 4.78 is 4.83. The third-order valence-electron chi connectivity index (χ3n) is 12.2. The summed E-state index contributed by atoms with van der Waals surface area (Å²) in [6.07, 6.45) is 0. The lowest BCUT2D eigenvalue weighted by molar-refractivity contribution is 1.08. The molecule has 0 atom stereocenters. The minimum Gasteiger partial charge on any atom is -0.309 e. The molecule has 278 valence electrons. The maximum atomic E-state index is 5.32. The van der Waals surface area contributed by atoms with E-state index in [1.807, 2.05) is 0 Å². The highest BCUT2D eigenvalue weighted by molar-refractivity contribution is 7.26. The predicted octanol–water partition coefficient (Wildman–Crippen LogP) is 15.0. The van der Waals surface area contributed by atoms with Crippen molar-refractivity contribution in [1.82, 2.24) is 19.5 Å². The van der Waals surface area contributed by atoms with Crippen LogP contribution >= 0.6 is 11.3 Å². The summed E-state index contributed by atoms with van der Waals surface area (Å²) in [5.41, 5.74) is 6.33. The first-order valence-electron chi connectivity index (χ1n) is 20.3. The van der Waals surface area contributed by atoms with Crippen molar-refractivity contribution in [1.29, 1.82) is 0 Å². The number of hydrogen-bond acceptors (Lipinski definition) is 4. The largest absolute Gasteiger partial charge is 0.309 e. The molecule has 60 heavy (non-hydrogen) atoms. The first-order chi connectivity index (χ1) is 29.7. The highest BCUT2D eigenvalue weighted by atomic mass is 32.1. The minimum atomic E-state index is 0.642. The van der Waals surface area contributed by atoms with Gasteiger partial charge in [-0.3, -0.25) is 0 Å². The molecule has 0 saturated heterocycles. The molecular weight excluding hydrogens is 749 g/mol. The van der Waals surface area contributed by atoms with Crippen LogP contribution in [0.4, 0.5) is 0 Å². The molecule has 0 aliphatic carbocycles. The Hall–Kier alpha value is -7.73. The van der Waals surface area contributed by atoms with E-state index in [1.54, 1.807) is 11.3 Å². The Morgan fingerprint density at radius 1 is 0.333 bits per heavy atom. The summed E-state index contributed by atoms with van der Waals surface area (Å²) in [7, 11) is 0. The molecule has 0 N–H and O–H groups in total. The molecule has 0 fully saturated rings. The van der Waals surface area contributed by atoms with Gasteiger partial charge in [-0.15, -0.1) is 11.3 Å². The molecule has 0 aliphatic rings. The number of hydrogen-bond donors (Lipinski definition) is 0. The van der Waals surface area contributed by atoms with Gasteiger partial charge in [-0.1, -0.05) is 146 Å². The van der Waals surface area contributed by atoms with Gasteiger partial charge in [-0.25, -0.2) is 15.0 Å². The highest BCUT2D eigenvalue weighted by Gasteiger charge is 2.20. The number of benzene rings is 10. The number of nitrogens with zero attached hydrogens (tertiary/aromatic N) is 4. The van der Waals surface area contributed by atoms with E-state index < -0.39 is 0 Å². The Morgan fingerprint density at radius 3 is 1.68 bits per heavy atom. The third kappa shape index (κ3) is 4.93. The van der Waals surface area contributed by atoms with E-state index in [4.69, 9.17) is 15.0 Å². The zero-order chi connectivity index (χ0) is 39.3. The molecular formula is C55H32N4S. The summed E-state index contributed by atoms with van der Waals surface area (Å²) in [6.45, 7) is 0. The van der Waals surface area contributed by atoms with Crippen LogP contribution in [-0.2, 0) is 0 Å². The topological polar surface area (TPSA) is 43.6 Å². The highest BCUT2D eigenvalue weighted by Crippen LogP contribution is 2.42. The molecule has 13 aromatic rings. The van der Waals surface area contributed by atoms with Gasteiger partial charge < -0.3 is 4.57 Å². The average molecular weight is 781 g/mol. The lowest BCUT2D eigenvalue weighted by Crippen LogP contribution is -2.01. The molecule has 0 saturated carbocycles. The van der Waals surface area contributed by atoms with Gasteiger partial charge in [0.1, 0.15) is 0 Å². The summed E-state index contributed by atoms with van der Waals surface area (Å²) >= 11 is 1.79. The van der Waals surface area contributed by atoms with Crippen LogP contribution in [0.3, 0.4) is 0 Å². The van der Waals surface area contributed by atoms with Gasteiger partial charge >= 0.3 is 0 Å². The molecule has 10 aromatic carbocycles. The van der Waals surface area contributed by atoms with E-state index in [-0.39, 0.29) is 0 Å². The third-order valence-corrected chi connectivity index (χ3v) is 13.4. The van der Waals surface area contributed by atoms with Crippen LogP contribution in [0.5, 0.6) is 0 Å². The second kappa shape index (κ2) is 12.9. The van der Waals surface area contributed by atoms with Gasteiger partial charge in [0.15, 0.2) is 17.5 Å². The molecule has 4 nitrogen and oxygen atoms in total. The van der Waals surface area contributed by atoms with Gasteiger partial charge in [0.25, 0.3) is 0 Å². The predicted molar refractivity (Wildman–Crippen MR) is 253 cm³/mol. The molecule has 0 spiro atoms. The Kier molecular flexibility index (Phi) is 7.14. The Balaban J connectivity index is 1.04. The van der Waals surface area contributed by atoms with E-state index in [1.165, 1.54) is 57.9 Å². The molecule has 0 aliphatic heterocycles. The van der Waals surface area contributed by atoms with Crippen LogP contribution in [0.1, 0.15) is 0 Å². The lowest BCUT2D eigenvalue weighted by atomic mass is 9.94. The summed E-state index contributed by atoms with van der Waals surface area (Å²) in [6, 6.07) is 69.7. The Labute approximate surface area is 348 Å². The van der Waals surface area contributed by atoms with Gasteiger partial charge in [0.05, 0.1) is 11.0 Å². The van der Waals surface area contributed by atoms with Gasteiger partial charge in [-0.05, 0) is 91.6 Å². The van der Waals surface area contributed by atoms with Gasteiger partial charge in [0.2, 0.25) is 0 Å². The van der Waals surface area contributed by atoms with Crippen LogP contribution in [0.15, 0.2) is 194 Å². The first kappa shape index (κ1) is 33.3. The Bertz CT molecular complexity index is 3870. The van der Waals surface area contributed by atoms with Crippen LogP contribution < -0.4 is 0 Å². The molecule has 5 heteroatoms. The van der Waals surface area contributed by atoms with Crippen molar-refractivity contribution in [2.45, 2.75) is 0 Å². The van der Waals surface area contributed by atoms with Crippen molar-refractivity contribution in [3.8, 4) is 39.9 Å². The molecule has 3 heterocycles. The van der Waals surface area contributed by atoms with Crippen molar-refractivity contribution in [2.75, 3.05) is 0 Å². The van der Waals surface area contributed by atoms with Crippen molar-refractivity contribution >= 4 is 96.4 Å². The van der Waals surface area contributed by atoms with E-state index in [9.17, 15) is 0 Å². The van der Waals surface area contributed by atoms with Crippen molar-refractivity contribution in [2.24, 2.45) is 0 Å². The number of rotatable bonds is 4. The van der Waals surface area contributed by atoms with E-state index in [0.29, 0.717) is 17.5 Å². The van der Waals surface area contributed by atoms with Gasteiger partial charge in [-0.2, -0.15) is 0 Å². The van der Waals surface area contributed by atoms with E-state index in [0.717, 1.165) is 49.6 Å². The van der Waals surface area contributed by atoms with Crippen molar-refractivity contribution in [3.63, 3.8) is 0 Å². The van der Waals surface area contributed by atoms with Crippen LogP contribution in [-0.4, -0.2) is 19.5 Å². The number of para-hydroxylation sites is 1. The van der Waals surface area contributed by atoms with E-state index in [2.05, 4.69) is 199 Å². The molecule has 0 amide bonds. The molecule has 3 aromatic heterocycles. The fourth-order valence-electron chi connectivity index (χ4n) is 9.51. The molecule has 13 rings (SSSR count). The summed E-state index contributed by atoms with van der Waals surface area (Å²) in [5, 5.41) is 14.6. The standard InChI is InChI=1S/C55H32N4S/c1-2-15-36-33(13-1)14-11-23-45(36)54-56-53(57-55(58-54)46-24-12-22-44-43-21-8-10-26-51(43)60-52(44)46)34-27-30-50-48(31-34)42-20-7-9-25-49(42)59(50)35-28-29-41-39-18-4-3-16-37(39)38-17-5-6-19-40(38)47(41)32-35/h1-32H. The zero-order valence-electron chi connectivity index (χ0n) is 32.2. The van der Waals surface area contributed by atoms with E-state index >= 15 is 0 Å². The molecule has 0 unspecified atom stereocenters. The number of thiophene rings is 1. The lowest BCUT2D eigenvalue weighted by Gasteiger charge is -2.14. The normalized spacial score (nSPS) is 12.0. The van der Waals surface area contributed by atoms with Crippen LogP contribution in [0.25, 0.3) is 125 Å². The average Bonchev–Trinajstić information content (AvgIpc) is 3.87. The van der Waals surface area contributed by atoms with Crippen LogP contribution in [0, 0.1) is 0 Å². The monoisotopic (exact) mass is 780 g/mol. The maximum Gasteiger partial charge on any atom is 0.165 e. The Morgan fingerprint density at radius 2 is 0.883 bits per heavy atom. The number of aromatic nitrogens is 4. The SMILES string of the molecule is c1ccc2c(-c3nc(-c4ccc5c(c4)c4ccccc4n5-c4ccc5c6ccccc6c6ccccc6c5c4)nc(-c4cccc5c4sc4ccccc45)n3)cccc2c1.